The highest BCUT2D eigenvalue weighted by molar-refractivity contribution is 6.00. The minimum atomic E-state index is -5.34. The SMILES string of the molecule is CCOC(=O)OCC#Cc1cc(C(=O)OC)cc([N+](=O)[O-])c1NC(=O)C(F)(F)F. The number of methoxy groups -OCH3 is 1. The molecule has 29 heavy (non-hydrogen) atoms. The number of hydrogen-bond donors (Lipinski definition) is 1. The number of carbonyl (C=O) groups excluding carboxylic acids is 3. The molecular formula is C16H13F3N2O8. The first-order chi connectivity index (χ1) is 13.5. The minimum absolute atomic E-state index is 0.0211. The summed E-state index contributed by atoms with van der Waals surface area (Å²) in [5, 5.41) is 12.6. The Hall–Kier alpha value is -3.82. The van der Waals surface area contributed by atoms with Gasteiger partial charge in [0.1, 0.15) is 5.69 Å². The smallest absolute Gasteiger partial charge is 0.465 e. The van der Waals surface area contributed by atoms with E-state index in [1.807, 2.05) is 0 Å². The maximum absolute atomic E-state index is 12.6. The van der Waals surface area contributed by atoms with Crippen LogP contribution in [-0.4, -0.2) is 49.5 Å². The number of anilines is 1. The minimum Gasteiger partial charge on any atom is -0.465 e. The quantitative estimate of drug-likeness (QED) is 0.333. The summed E-state index contributed by atoms with van der Waals surface area (Å²) in [5.74, 6) is 0.895. The lowest BCUT2D eigenvalue weighted by Gasteiger charge is -2.11. The molecule has 0 fully saturated rings. The zero-order chi connectivity index (χ0) is 22.2. The third-order valence-corrected chi connectivity index (χ3v) is 2.98. The summed E-state index contributed by atoms with van der Waals surface area (Å²) in [4.78, 5) is 44.1. The molecule has 0 radical (unpaired) electrons. The van der Waals surface area contributed by atoms with Gasteiger partial charge in [-0.15, -0.1) is 0 Å². The van der Waals surface area contributed by atoms with E-state index in [-0.39, 0.29) is 6.61 Å². The van der Waals surface area contributed by atoms with E-state index in [0.717, 1.165) is 13.2 Å². The molecule has 0 atom stereocenters. The third kappa shape index (κ3) is 6.69. The summed E-state index contributed by atoms with van der Waals surface area (Å²) in [6.07, 6.45) is -6.41. The van der Waals surface area contributed by atoms with Gasteiger partial charge < -0.3 is 19.5 Å². The monoisotopic (exact) mass is 418 g/mol. The van der Waals surface area contributed by atoms with Gasteiger partial charge in [0.15, 0.2) is 6.61 Å². The molecule has 10 nitrogen and oxygen atoms in total. The predicted octanol–water partition coefficient (Wildman–Crippen LogP) is 2.41. The molecule has 0 aliphatic heterocycles. The van der Waals surface area contributed by atoms with Crippen LogP contribution in [0.1, 0.15) is 22.8 Å². The van der Waals surface area contributed by atoms with E-state index in [1.165, 1.54) is 12.2 Å². The van der Waals surface area contributed by atoms with Gasteiger partial charge in [-0.25, -0.2) is 9.59 Å². The van der Waals surface area contributed by atoms with Crippen molar-refractivity contribution in [3.63, 3.8) is 0 Å². The van der Waals surface area contributed by atoms with Gasteiger partial charge in [-0.05, 0) is 13.0 Å². The molecule has 0 aliphatic carbocycles. The standard InChI is InChI=1S/C16H13F3N2O8/c1-3-28-15(24)29-6-4-5-9-7-10(13(22)27-2)8-11(21(25)26)12(9)20-14(23)16(17,18)19/h7-8H,3,6H2,1-2H3,(H,20,23). The summed E-state index contributed by atoms with van der Waals surface area (Å²) < 4.78 is 51.1. The van der Waals surface area contributed by atoms with E-state index in [2.05, 4.69) is 26.1 Å². The number of nitrogens with one attached hydrogen (secondary N) is 1. The fraction of sp³-hybridized carbons (Fsp3) is 0.312. The molecule has 0 unspecified atom stereocenters. The fourth-order valence-corrected chi connectivity index (χ4v) is 1.81. The van der Waals surface area contributed by atoms with Gasteiger partial charge >= 0.3 is 24.2 Å². The molecule has 1 amide bonds. The van der Waals surface area contributed by atoms with Crippen molar-refractivity contribution in [1.82, 2.24) is 0 Å². The van der Waals surface area contributed by atoms with Crippen molar-refractivity contribution < 1.29 is 46.7 Å². The van der Waals surface area contributed by atoms with Gasteiger partial charge in [-0.1, -0.05) is 11.8 Å². The number of carbonyl (C=O) groups is 3. The highest BCUT2D eigenvalue weighted by Gasteiger charge is 2.40. The maximum atomic E-state index is 12.6. The van der Waals surface area contributed by atoms with Crippen LogP contribution in [0.25, 0.3) is 0 Å². The van der Waals surface area contributed by atoms with Crippen molar-refractivity contribution in [1.29, 1.82) is 0 Å². The zero-order valence-electron chi connectivity index (χ0n) is 14.9. The molecule has 0 heterocycles. The van der Waals surface area contributed by atoms with Crippen molar-refractivity contribution in [3.8, 4) is 11.8 Å². The summed E-state index contributed by atoms with van der Waals surface area (Å²) in [5.41, 5.74) is -2.83. The van der Waals surface area contributed by atoms with Crippen LogP contribution in [-0.2, 0) is 19.0 Å². The molecule has 0 spiro atoms. The Morgan fingerprint density at radius 2 is 1.90 bits per heavy atom. The van der Waals surface area contributed by atoms with Crippen LogP contribution in [0, 0.1) is 22.0 Å². The van der Waals surface area contributed by atoms with Gasteiger partial charge in [0, 0.05) is 6.07 Å². The topological polar surface area (TPSA) is 134 Å². The highest BCUT2D eigenvalue weighted by atomic mass is 19.4. The van der Waals surface area contributed by atoms with Crippen molar-refractivity contribution in [3.05, 3.63) is 33.4 Å². The molecule has 1 aromatic carbocycles. The molecule has 1 aromatic rings. The second-order valence-electron chi connectivity index (χ2n) is 4.89. The maximum Gasteiger partial charge on any atom is 0.509 e. The van der Waals surface area contributed by atoms with Crippen LogP contribution in [0.4, 0.5) is 29.3 Å². The summed E-state index contributed by atoms with van der Waals surface area (Å²) in [6.45, 7) is 0.953. The van der Waals surface area contributed by atoms with Gasteiger partial charge in [0.2, 0.25) is 0 Å². The lowest BCUT2D eigenvalue weighted by atomic mass is 10.1. The van der Waals surface area contributed by atoms with Crippen molar-refractivity contribution in [2.24, 2.45) is 0 Å². The molecule has 0 aliphatic rings. The fourth-order valence-electron chi connectivity index (χ4n) is 1.81. The number of ether oxygens (including phenoxy) is 3. The highest BCUT2D eigenvalue weighted by Crippen LogP contribution is 2.32. The molecule has 0 saturated carbocycles. The second-order valence-corrected chi connectivity index (χ2v) is 4.89. The third-order valence-electron chi connectivity index (χ3n) is 2.98. The second kappa shape index (κ2) is 9.93. The Morgan fingerprint density at radius 3 is 2.41 bits per heavy atom. The first-order valence-electron chi connectivity index (χ1n) is 7.58. The van der Waals surface area contributed by atoms with E-state index in [0.29, 0.717) is 6.07 Å². The largest absolute Gasteiger partial charge is 0.509 e. The van der Waals surface area contributed by atoms with Crippen LogP contribution in [0.5, 0.6) is 0 Å². The van der Waals surface area contributed by atoms with Crippen LogP contribution in [0.15, 0.2) is 12.1 Å². The number of halogens is 3. The Balaban J connectivity index is 3.42. The van der Waals surface area contributed by atoms with Crippen LogP contribution >= 0.6 is 0 Å². The molecule has 0 saturated heterocycles. The molecule has 13 heteroatoms. The van der Waals surface area contributed by atoms with E-state index in [9.17, 15) is 37.7 Å². The number of benzene rings is 1. The first-order valence-corrected chi connectivity index (χ1v) is 7.58. The number of alkyl halides is 3. The normalized spacial score (nSPS) is 10.2. The summed E-state index contributed by atoms with van der Waals surface area (Å²) >= 11 is 0. The number of nitro groups is 1. The number of esters is 1. The number of nitro benzene ring substituents is 1. The molecule has 0 bridgehead atoms. The molecule has 1 rings (SSSR count). The summed E-state index contributed by atoms with van der Waals surface area (Å²) in [7, 11) is 0.978. The Labute approximate surface area is 161 Å². The lowest BCUT2D eigenvalue weighted by molar-refractivity contribution is -0.384. The molecule has 156 valence electrons. The van der Waals surface area contributed by atoms with Gasteiger partial charge in [-0.3, -0.25) is 14.9 Å². The van der Waals surface area contributed by atoms with Crippen molar-refractivity contribution >= 4 is 29.4 Å². The predicted molar refractivity (Wildman–Crippen MR) is 89.0 cm³/mol. The summed E-state index contributed by atoms with van der Waals surface area (Å²) in [6, 6.07) is 1.50. The van der Waals surface area contributed by atoms with Gasteiger partial charge in [0.25, 0.3) is 5.69 Å². The Morgan fingerprint density at radius 1 is 1.24 bits per heavy atom. The Kier molecular flexibility index (Phi) is 7.95. The Bertz CT molecular complexity index is 887. The molecule has 0 aromatic heterocycles. The van der Waals surface area contributed by atoms with Gasteiger partial charge in [-0.2, -0.15) is 13.2 Å². The van der Waals surface area contributed by atoms with E-state index in [1.54, 1.807) is 0 Å². The lowest BCUT2D eigenvalue weighted by Crippen LogP contribution is -2.30. The van der Waals surface area contributed by atoms with Crippen LogP contribution in [0.2, 0.25) is 0 Å². The van der Waals surface area contributed by atoms with Crippen LogP contribution < -0.4 is 5.32 Å². The van der Waals surface area contributed by atoms with E-state index < -0.39 is 58.2 Å². The first kappa shape index (κ1) is 23.2. The number of rotatable bonds is 5. The molecule has 1 N–H and O–H groups in total. The number of hydrogen-bond acceptors (Lipinski definition) is 8. The average Bonchev–Trinajstić information content (AvgIpc) is 2.64. The van der Waals surface area contributed by atoms with Crippen LogP contribution in [0.3, 0.4) is 0 Å². The number of amides is 1. The van der Waals surface area contributed by atoms with Crippen molar-refractivity contribution in [2.75, 3.05) is 25.6 Å². The average molecular weight is 418 g/mol. The van der Waals surface area contributed by atoms with E-state index >= 15 is 0 Å². The van der Waals surface area contributed by atoms with Crippen molar-refractivity contribution in [2.45, 2.75) is 13.1 Å². The number of nitrogens with zero attached hydrogens (tertiary/aromatic N) is 1. The zero-order valence-corrected chi connectivity index (χ0v) is 14.9. The van der Waals surface area contributed by atoms with Gasteiger partial charge in [0.05, 0.1) is 29.8 Å². The molecular weight excluding hydrogens is 405 g/mol. The van der Waals surface area contributed by atoms with E-state index in [4.69, 9.17) is 0 Å².